The van der Waals surface area contributed by atoms with Crippen LogP contribution in [-0.4, -0.2) is 38.3 Å². The van der Waals surface area contributed by atoms with E-state index >= 15 is 0 Å². The van der Waals surface area contributed by atoms with Crippen LogP contribution in [0.2, 0.25) is 5.02 Å². The largest absolute Gasteiger partial charge is 0.495 e. The molecule has 136 valence electrons. The number of carbonyl (C=O) groups is 1. The molecule has 26 heavy (non-hydrogen) atoms. The van der Waals surface area contributed by atoms with E-state index in [9.17, 15) is 4.79 Å². The number of ether oxygens (including phenoxy) is 1. The molecule has 0 atom stereocenters. The van der Waals surface area contributed by atoms with Crippen LogP contribution >= 0.6 is 23.4 Å². The number of amides is 1. The lowest BCUT2D eigenvalue weighted by Gasteiger charge is -2.11. The van der Waals surface area contributed by atoms with Gasteiger partial charge < -0.3 is 10.1 Å². The molecule has 3 aromatic rings. The molecule has 0 spiro atoms. The number of rotatable bonds is 7. The third-order valence-electron chi connectivity index (χ3n) is 3.58. The Bertz CT molecular complexity index is 895. The minimum atomic E-state index is -0.171. The third-order valence-corrected chi connectivity index (χ3v) is 4.74. The number of hydrogen-bond acceptors (Lipinski definition) is 5. The van der Waals surface area contributed by atoms with E-state index in [0.29, 0.717) is 21.6 Å². The average Bonchev–Trinajstić information content (AvgIpc) is 3.30. The second kappa shape index (κ2) is 8.29. The van der Waals surface area contributed by atoms with Gasteiger partial charge >= 0.3 is 0 Å². The van der Waals surface area contributed by atoms with Crippen LogP contribution in [0.5, 0.6) is 5.75 Å². The zero-order valence-electron chi connectivity index (χ0n) is 14.3. The number of thioether (sulfide) groups is 1. The Balaban J connectivity index is 1.70. The van der Waals surface area contributed by atoms with Crippen molar-refractivity contribution in [1.82, 2.24) is 19.5 Å². The molecule has 1 aromatic carbocycles. The molecular weight excluding hydrogens is 374 g/mol. The first-order valence-corrected chi connectivity index (χ1v) is 9.32. The fourth-order valence-corrected chi connectivity index (χ4v) is 3.30. The highest BCUT2D eigenvalue weighted by Crippen LogP contribution is 2.28. The number of nitrogens with zero attached hydrogens (tertiary/aromatic N) is 4. The van der Waals surface area contributed by atoms with Crippen LogP contribution in [0.25, 0.3) is 0 Å². The van der Waals surface area contributed by atoms with Crippen LogP contribution < -0.4 is 10.1 Å². The van der Waals surface area contributed by atoms with Gasteiger partial charge in [0, 0.05) is 29.9 Å². The van der Waals surface area contributed by atoms with Gasteiger partial charge in [0.2, 0.25) is 11.1 Å². The summed E-state index contributed by atoms with van der Waals surface area (Å²) in [7, 11) is 1.53. The molecular formula is C17H18ClN5O2S. The van der Waals surface area contributed by atoms with E-state index in [1.165, 1.54) is 18.9 Å². The lowest BCUT2D eigenvalue weighted by atomic mass is 10.3. The summed E-state index contributed by atoms with van der Waals surface area (Å²) in [6.07, 6.45) is 4.55. The summed E-state index contributed by atoms with van der Waals surface area (Å²) < 4.78 is 9.02. The summed E-state index contributed by atoms with van der Waals surface area (Å²) in [6, 6.07) is 8.91. The van der Waals surface area contributed by atoms with Gasteiger partial charge in [0.1, 0.15) is 5.75 Å². The first-order chi connectivity index (χ1) is 12.6. The fraction of sp³-hybridized carbons (Fsp3) is 0.235. The number of aryl methyl sites for hydroxylation is 1. The minimum Gasteiger partial charge on any atom is -0.495 e. The van der Waals surface area contributed by atoms with Crippen LogP contribution in [0.4, 0.5) is 5.69 Å². The lowest BCUT2D eigenvalue weighted by molar-refractivity contribution is -0.113. The Hall–Kier alpha value is -2.45. The van der Waals surface area contributed by atoms with E-state index in [4.69, 9.17) is 16.3 Å². The predicted octanol–water partition coefficient (Wildman–Crippen LogP) is 3.35. The molecule has 1 amide bonds. The Morgan fingerprint density at radius 2 is 2.08 bits per heavy atom. The maximum atomic E-state index is 12.3. The molecule has 1 N–H and O–H groups in total. The second-order valence-electron chi connectivity index (χ2n) is 5.31. The topological polar surface area (TPSA) is 74.0 Å². The Morgan fingerprint density at radius 1 is 1.31 bits per heavy atom. The van der Waals surface area contributed by atoms with Crippen LogP contribution in [0.3, 0.4) is 0 Å². The highest BCUT2D eigenvalue weighted by atomic mass is 35.5. The van der Waals surface area contributed by atoms with Gasteiger partial charge in [-0.2, -0.15) is 0 Å². The van der Waals surface area contributed by atoms with Crippen molar-refractivity contribution in [3.8, 4) is 5.75 Å². The van der Waals surface area contributed by atoms with E-state index in [2.05, 4.69) is 15.5 Å². The molecule has 0 radical (unpaired) electrons. The molecule has 0 aliphatic carbocycles. The number of halogens is 1. The van der Waals surface area contributed by atoms with Crippen LogP contribution in [0.1, 0.15) is 12.7 Å². The van der Waals surface area contributed by atoms with Crippen LogP contribution in [0, 0.1) is 0 Å². The Kier molecular flexibility index (Phi) is 5.85. The van der Waals surface area contributed by atoms with E-state index in [1.807, 2.05) is 40.8 Å². The van der Waals surface area contributed by atoms with Gasteiger partial charge in [-0.15, -0.1) is 10.2 Å². The minimum absolute atomic E-state index is 0.171. The quantitative estimate of drug-likeness (QED) is 0.625. The first kappa shape index (κ1) is 18.3. The summed E-state index contributed by atoms with van der Waals surface area (Å²) in [6.45, 7) is 2.01. The van der Waals surface area contributed by atoms with Crippen molar-refractivity contribution in [3.63, 3.8) is 0 Å². The van der Waals surface area contributed by atoms with Crippen molar-refractivity contribution in [2.24, 2.45) is 0 Å². The number of carbonyl (C=O) groups excluding carboxylic acids is 1. The van der Waals surface area contributed by atoms with Crippen molar-refractivity contribution in [1.29, 1.82) is 0 Å². The number of anilines is 1. The SMILES string of the molecule is CCc1nnc(SCC(=O)Nc2ccc(Cl)cc2OC)n1-n1cccc1. The normalized spacial score (nSPS) is 10.7. The summed E-state index contributed by atoms with van der Waals surface area (Å²) >= 11 is 7.25. The predicted molar refractivity (Wildman–Crippen MR) is 102 cm³/mol. The van der Waals surface area contributed by atoms with Gasteiger partial charge in [-0.25, -0.2) is 4.68 Å². The number of aromatic nitrogens is 4. The molecule has 7 nitrogen and oxygen atoms in total. The van der Waals surface area contributed by atoms with Crippen LogP contribution in [-0.2, 0) is 11.2 Å². The van der Waals surface area contributed by atoms with Gasteiger partial charge in [-0.05, 0) is 24.3 Å². The van der Waals surface area contributed by atoms with E-state index < -0.39 is 0 Å². The number of hydrogen-bond donors (Lipinski definition) is 1. The van der Waals surface area contributed by atoms with Crippen molar-refractivity contribution in [3.05, 3.63) is 53.6 Å². The summed E-state index contributed by atoms with van der Waals surface area (Å²) in [5.41, 5.74) is 0.573. The fourth-order valence-electron chi connectivity index (χ4n) is 2.38. The van der Waals surface area contributed by atoms with Crippen molar-refractivity contribution >= 4 is 35.0 Å². The third kappa shape index (κ3) is 4.03. The van der Waals surface area contributed by atoms with E-state index in [-0.39, 0.29) is 11.7 Å². The van der Waals surface area contributed by atoms with Gasteiger partial charge in [0.05, 0.1) is 18.6 Å². The van der Waals surface area contributed by atoms with Gasteiger partial charge in [-0.3, -0.25) is 9.47 Å². The second-order valence-corrected chi connectivity index (χ2v) is 6.69. The Labute approximate surface area is 160 Å². The van der Waals surface area contributed by atoms with E-state index in [1.54, 1.807) is 18.2 Å². The molecule has 0 aliphatic rings. The molecule has 0 aliphatic heterocycles. The van der Waals surface area contributed by atoms with Crippen LogP contribution in [0.15, 0.2) is 47.9 Å². The maximum absolute atomic E-state index is 12.3. The molecule has 0 saturated heterocycles. The molecule has 9 heteroatoms. The van der Waals surface area contributed by atoms with Crippen molar-refractivity contribution in [2.75, 3.05) is 18.2 Å². The maximum Gasteiger partial charge on any atom is 0.234 e. The number of benzene rings is 1. The molecule has 0 saturated carbocycles. The van der Waals surface area contributed by atoms with Gasteiger partial charge in [-0.1, -0.05) is 30.3 Å². The molecule has 3 rings (SSSR count). The zero-order valence-corrected chi connectivity index (χ0v) is 15.9. The molecule has 2 heterocycles. The monoisotopic (exact) mass is 391 g/mol. The summed E-state index contributed by atoms with van der Waals surface area (Å²) in [4.78, 5) is 12.3. The van der Waals surface area contributed by atoms with Crippen molar-refractivity contribution < 1.29 is 9.53 Å². The highest BCUT2D eigenvalue weighted by molar-refractivity contribution is 7.99. The van der Waals surface area contributed by atoms with Gasteiger partial charge in [0.25, 0.3) is 0 Å². The first-order valence-electron chi connectivity index (χ1n) is 7.96. The molecule has 0 bridgehead atoms. The molecule has 0 fully saturated rings. The van der Waals surface area contributed by atoms with Crippen molar-refractivity contribution in [2.45, 2.75) is 18.5 Å². The Morgan fingerprint density at radius 3 is 2.77 bits per heavy atom. The molecule has 0 unspecified atom stereocenters. The number of nitrogens with one attached hydrogen (secondary N) is 1. The number of methoxy groups -OCH3 is 1. The lowest BCUT2D eigenvalue weighted by Crippen LogP contribution is -2.16. The zero-order chi connectivity index (χ0) is 18.5. The highest BCUT2D eigenvalue weighted by Gasteiger charge is 2.15. The van der Waals surface area contributed by atoms with Gasteiger partial charge in [0.15, 0.2) is 5.82 Å². The van der Waals surface area contributed by atoms with E-state index in [0.717, 1.165) is 12.2 Å². The standard InChI is InChI=1S/C17H18ClN5O2S/c1-3-15-20-21-17(23(15)22-8-4-5-9-22)26-11-16(24)19-13-7-6-12(18)10-14(13)25-2/h4-10H,3,11H2,1-2H3,(H,19,24). The molecule has 2 aromatic heterocycles. The smallest absolute Gasteiger partial charge is 0.234 e. The summed E-state index contributed by atoms with van der Waals surface area (Å²) in [5.74, 6) is 1.35. The average molecular weight is 392 g/mol. The summed E-state index contributed by atoms with van der Waals surface area (Å²) in [5, 5.41) is 12.4.